The second-order valence-electron chi connectivity index (χ2n) is 4.17. The smallest absolute Gasteiger partial charge is 0.349 e. The number of rotatable bonds is 5. The molecule has 2 N–H and O–H groups in total. The third-order valence-electron chi connectivity index (χ3n) is 2.18. The van der Waals surface area contributed by atoms with Gasteiger partial charge in [0.05, 0.1) is 0 Å². The van der Waals surface area contributed by atoms with Gasteiger partial charge in [0.25, 0.3) is 5.91 Å². The van der Waals surface area contributed by atoms with E-state index >= 15 is 0 Å². The van der Waals surface area contributed by atoms with Crippen molar-refractivity contribution in [2.24, 2.45) is 0 Å². The van der Waals surface area contributed by atoms with Gasteiger partial charge in [0.15, 0.2) is 0 Å². The molecular formula is C10H15F3N4O. The van der Waals surface area contributed by atoms with Gasteiger partial charge in [0.2, 0.25) is 5.82 Å². The van der Waals surface area contributed by atoms with Crippen molar-refractivity contribution in [1.82, 2.24) is 20.5 Å². The predicted octanol–water partition coefficient (Wildman–Crippen LogP) is 2.00. The maximum absolute atomic E-state index is 11.9. The highest BCUT2D eigenvalue weighted by atomic mass is 19.4. The maximum Gasteiger partial charge on any atom is 0.389 e. The maximum atomic E-state index is 11.9. The van der Waals surface area contributed by atoms with Crippen molar-refractivity contribution in [3.05, 3.63) is 11.6 Å². The predicted molar refractivity (Wildman–Crippen MR) is 58.1 cm³/mol. The normalized spacial score (nSPS) is 11.9. The summed E-state index contributed by atoms with van der Waals surface area (Å²) in [4.78, 5) is 15.4. The van der Waals surface area contributed by atoms with Crippen LogP contribution in [0.1, 0.15) is 49.1 Å². The molecule has 0 radical (unpaired) electrons. The summed E-state index contributed by atoms with van der Waals surface area (Å²) in [5, 5.41) is 8.63. The van der Waals surface area contributed by atoms with Crippen LogP contribution < -0.4 is 5.32 Å². The van der Waals surface area contributed by atoms with Crippen LogP contribution in [0.15, 0.2) is 0 Å². The van der Waals surface area contributed by atoms with Crippen LogP contribution in [0.4, 0.5) is 13.2 Å². The summed E-state index contributed by atoms with van der Waals surface area (Å²) in [6, 6.07) is 0. The van der Waals surface area contributed by atoms with Gasteiger partial charge in [0.1, 0.15) is 5.82 Å². The molecule has 0 atom stereocenters. The lowest BCUT2D eigenvalue weighted by molar-refractivity contribution is -0.135. The molecular weight excluding hydrogens is 249 g/mol. The van der Waals surface area contributed by atoms with Gasteiger partial charge < -0.3 is 5.32 Å². The largest absolute Gasteiger partial charge is 0.389 e. The number of alkyl halides is 3. The van der Waals surface area contributed by atoms with Crippen molar-refractivity contribution >= 4 is 5.91 Å². The van der Waals surface area contributed by atoms with Crippen LogP contribution in [-0.4, -0.2) is 33.8 Å². The number of halogens is 3. The topological polar surface area (TPSA) is 70.7 Å². The summed E-state index contributed by atoms with van der Waals surface area (Å²) in [5.41, 5.74) is 0. The van der Waals surface area contributed by atoms with Gasteiger partial charge in [-0.25, -0.2) is 4.98 Å². The molecule has 0 aliphatic rings. The second-order valence-corrected chi connectivity index (χ2v) is 4.17. The summed E-state index contributed by atoms with van der Waals surface area (Å²) in [5.74, 6) is 0.0470. The number of nitrogens with one attached hydrogen (secondary N) is 2. The standard InChI is InChI=1S/C10H15F3N4O/c1-6(2)7-15-8(17-16-7)9(18)14-5-3-4-10(11,12)13/h6H,3-5H2,1-2H3,(H,14,18)(H,15,16,17). The quantitative estimate of drug-likeness (QED) is 0.799. The van der Waals surface area contributed by atoms with Crippen LogP contribution >= 0.6 is 0 Å². The first-order valence-electron chi connectivity index (χ1n) is 5.57. The first-order valence-corrected chi connectivity index (χ1v) is 5.57. The number of aromatic nitrogens is 3. The highest BCUT2D eigenvalue weighted by Gasteiger charge is 2.26. The fraction of sp³-hybridized carbons (Fsp3) is 0.700. The van der Waals surface area contributed by atoms with Gasteiger partial charge in [-0.3, -0.25) is 9.89 Å². The minimum Gasteiger partial charge on any atom is -0.349 e. The van der Waals surface area contributed by atoms with Crippen LogP contribution in [0.2, 0.25) is 0 Å². The molecule has 0 fully saturated rings. The Morgan fingerprint density at radius 3 is 2.61 bits per heavy atom. The lowest BCUT2D eigenvalue weighted by atomic mass is 10.2. The molecule has 8 heteroatoms. The lowest BCUT2D eigenvalue weighted by Crippen LogP contribution is -2.26. The van der Waals surface area contributed by atoms with Crippen molar-refractivity contribution < 1.29 is 18.0 Å². The van der Waals surface area contributed by atoms with Crippen LogP contribution in [-0.2, 0) is 0 Å². The van der Waals surface area contributed by atoms with E-state index in [1.54, 1.807) is 0 Å². The Morgan fingerprint density at radius 1 is 1.44 bits per heavy atom. The number of hydrogen-bond donors (Lipinski definition) is 2. The average molecular weight is 264 g/mol. The van der Waals surface area contributed by atoms with E-state index in [1.807, 2.05) is 13.8 Å². The van der Waals surface area contributed by atoms with Gasteiger partial charge >= 0.3 is 6.18 Å². The molecule has 1 heterocycles. The lowest BCUT2D eigenvalue weighted by Gasteiger charge is -2.05. The van der Waals surface area contributed by atoms with Gasteiger partial charge in [-0.1, -0.05) is 13.8 Å². The number of aromatic amines is 1. The summed E-state index contributed by atoms with van der Waals surface area (Å²) in [7, 11) is 0. The molecule has 0 saturated carbocycles. The summed E-state index contributed by atoms with van der Waals surface area (Å²) < 4.78 is 35.6. The Kier molecular flexibility index (Phi) is 4.69. The second kappa shape index (κ2) is 5.83. The molecule has 0 aromatic carbocycles. The molecule has 102 valence electrons. The zero-order valence-corrected chi connectivity index (χ0v) is 10.1. The number of nitrogens with zero attached hydrogens (tertiary/aromatic N) is 2. The van der Waals surface area contributed by atoms with E-state index in [9.17, 15) is 18.0 Å². The van der Waals surface area contributed by atoms with E-state index in [2.05, 4.69) is 20.5 Å². The molecule has 0 aliphatic carbocycles. The van der Waals surface area contributed by atoms with E-state index in [0.29, 0.717) is 5.82 Å². The minimum absolute atomic E-state index is 0.0503. The van der Waals surface area contributed by atoms with Crippen LogP contribution in [0.25, 0.3) is 0 Å². The van der Waals surface area contributed by atoms with Crippen LogP contribution in [0, 0.1) is 0 Å². The molecule has 0 aliphatic heterocycles. The third-order valence-corrected chi connectivity index (χ3v) is 2.18. The van der Waals surface area contributed by atoms with Gasteiger partial charge in [-0.2, -0.15) is 13.2 Å². The van der Waals surface area contributed by atoms with Crippen molar-refractivity contribution in [3.8, 4) is 0 Å². The average Bonchev–Trinajstić information content (AvgIpc) is 2.72. The number of carbonyl (C=O) groups excluding carboxylic acids is 1. The Morgan fingerprint density at radius 2 is 2.11 bits per heavy atom. The number of carbonyl (C=O) groups is 1. The molecule has 5 nitrogen and oxygen atoms in total. The minimum atomic E-state index is -4.19. The number of H-pyrrole nitrogens is 1. The molecule has 0 spiro atoms. The molecule has 1 aromatic rings. The molecule has 1 aromatic heterocycles. The number of amides is 1. The first kappa shape index (κ1) is 14.5. The molecule has 1 amide bonds. The third kappa shape index (κ3) is 4.72. The van der Waals surface area contributed by atoms with Gasteiger partial charge in [0, 0.05) is 18.9 Å². The van der Waals surface area contributed by atoms with E-state index in [0.717, 1.165) is 0 Å². The van der Waals surface area contributed by atoms with E-state index in [1.165, 1.54) is 0 Å². The summed E-state index contributed by atoms with van der Waals surface area (Å²) >= 11 is 0. The van der Waals surface area contributed by atoms with Crippen molar-refractivity contribution in [1.29, 1.82) is 0 Å². The Bertz CT molecular complexity index is 400. The van der Waals surface area contributed by atoms with Gasteiger partial charge in [-0.15, -0.1) is 5.10 Å². The highest BCUT2D eigenvalue weighted by Crippen LogP contribution is 2.20. The van der Waals surface area contributed by atoms with E-state index < -0.39 is 18.5 Å². The van der Waals surface area contributed by atoms with Crippen molar-refractivity contribution in [2.75, 3.05) is 6.54 Å². The van der Waals surface area contributed by atoms with Crippen molar-refractivity contribution in [3.63, 3.8) is 0 Å². The van der Waals surface area contributed by atoms with E-state index in [4.69, 9.17) is 0 Å². The number of hydrogen-bond acceptors (Lipinski definition) is 3. The zero-order valence-electron chi connectivity index (χ0n) is 10.1. The SMILES string of the molecule is CC(C)c1nc(C(=O)NCCCC(F)(F)F)n[nH]1. The Labute approximate surface area is 102 Å². The summed E-state index contributed by atoms with van der Waals surface area (Å²) in [6.45, 7) is 3.71. The molecule has 0 bridgehead atoms. The molecule has 1 rings (SSSR count). The Balaban J connectivity index is 2.36. The van der Waals surface area contributed by atoms with Crippen molar-refractivity contribution in [2.45, 2.75) is 38.8 Å². The summed E-state index contributed by atoms with van der Waals surface area (Å²) in [6.07, 6.45) is -5.27. The monoisotopic (exact) mass is 264 g/mol. The Hall–Kier alpha value is -1.60. The molecule has 0 saturated heterocycles. The molecule has 0 unspecified atom stereocenters. The molecule has 18 heavy (non-hydrogen) atoms. The van der Waals surface area contributed by atoms with Crippen LogP contribution in [0.3, 0.4) is 0 Å². The van der Waals surface area contributed by atoms with Gasteiger partial charge in [-0.05, 0) is 6.42 Å². The zero-order chi connectivity index (χ0) is 13.8. The van der Waals surface area contributed by atoms with E-state index in [-0.39, 0.29) is 24.7 Å². The fourth-order valence-electron chi connectivity index (χ4n) is 1.20. The fourth-order valence-corrected chi connectivity index (χ4v) is 1.20. The van der Waals surface area contributed by atoms with Crippen LogP contribution in [0.5, 0.6) is 0 Å². The highest BCUT2D eigenvalue weighted by molar-refractivity contribution is 5.90. The first-order chi connectivity index (χ1) is 8.29.